The fourth-order valence-corrected chi connectivity index (χ4v) is 1.37. The van der Waals surface area contributed by atoms with Crippen LogP contribution >= 0.6 is 0 Å². The Labute approximate surface area is 88.3 Å². The van der Waals surface area contributed by atoms with E-state index in [2.05, 4.69) is 17.2 Å². The van der Waals surface area contributed by atoms with E-state index in [1.165, 1.54) is 18.9 Å². The van der Waals surface area contributed by atoms with Gasteiger partial charge >= 0.3 is 5.97 Å². The van der Waals surface area contributed by atoms with Crippen molar-refractivity contribution in [2.75, 3.05) is 0 Å². The first-order chi connectivity index (χ1) is 7.09. The second-order valence-electron chi connectivity index (χ2n) is 4.23. The Bertz CT molecular complexity index is 386. The molecule has 1 aliphatic rings. The van der Waals surface area contributed by atoms with E-state index in [1.807, 2.05) is 6.07 Å². The van der Waals surface area contributed by atoms with Crippen LogP contribution in [0.15, 0.2) is 18.2 Å². The summed E-state index contributed by atoms with van der Waals surface area (Å²) < 4.78 is 0. The molecule has 0 amide bonds. The lowest BCUT2D eigenvalue weighted by atomic mass is 10.2. The molecular weight excluding hydrogens is 192 g/mol. The fraction of sp³-hybridized carbons (Fsp3) is 0.455. The Hall–Kier alpha value is -1.42. The van der Waals surface area contributed by atoms with Crippen LogP contribution in [0, 0.1) is 0 Å². The van der Waals surface area contributed by atoms with Gasteiger partial charge in [0.2, 0.25) is 0 Å². The summed E-state index contributed by atoms with van der Waals surface area (Å²) in [5.74, 6) is -0.977. The van der Waals surface area contributed by atoms with Gasteiger partial charge in [0, 0.05) is 12.1 Å². The lowest BCUT2D eigenvalue weighted by Gasteiger charge is -2.10. The topological polar surface area (TPSA) is 62.2 Å². The zero-order valence-electron chi connectivity index (χ0n) is 8.66. The van der Waals surface area contributed by atoms with Crippen LogP contribution in [-0.2, 0) is 6.54 Å². The number of hydrogen-bond acceptors (Lipinski definition) is 3. The second-order valence-corrected chi connectivity index (χ2v) is 4.23. The maximum atomic E-state index is 10.7. The zero-order valence-corrected chi connectivity index (χ0v) is 8.66. The van der Waals surface area contributed by atoms with Gasteiger partial charge in [-0.25, -0.2) is 9.78 Å². The van der Waals surface area contributed by atoms with Crippen molar-refractivity contribution < 1.29 is 9.90 Å². The lowest BCUT2D eigenvalue weighted by Crippen LogP contribution is -2.27. The first-order valence-electron chi connectivity index (χ1n) is 5.03. The van der Waals surface area contributed by atoms with Crippen LogP contribution in [0.2, 0.25) is 0 Å². The minimum Gasteiger partial charge on any atom is -0.477 e. The standard InChI is InChI=1S/C11H14N2O2/c1-11(5-6-11)12-7-8-3-2-4-9(13-8)10(14)15/h2-4,12H,5-7H2,1H3,(H,14,15). The largest absolute Gasteiger partial charge is 0.477 e. The van der Waals surface area contributed by atoms with Crippen molar-refractivity contribution in [3.8, 4) is 0 Å². The van der Waals surface area contributed by atoms with Gasteiger partial charge in [0.25, 0.3) is 0 Å². The van der Waals surface area contributed by atoms with Gasteiger partial charge in [0.05, 0.1) is 5.69 Å². The minimum atomic E-state index is -0.977. The number of carboxylic acid groups (broad SMARTS) is 1. The highest BCUT2D eigenvalue weighted by Gasteiger charge is 2.36. The van der Waals surface area contributed by atoms with E-state index in [0.717, 1.165) is 5.69 Å². The van der Waals surface area contributed by atoms with Crippen molar-refractivity contribution in [3.63, 3.8) is 0 Å². The number of aromatic nitrogens is 1. The third-order valence-electron chi connectivity index (χ3n) is 2.72. The van der Waals surface area contributed by atoms with Crippen LogP contribution in [0.25, 0.3) is 0 Å². The number of nitrogens with zero attached hydrogens (tertiary/aromatic N) is 1. The van der Waals surface area contributed by atoms with Crippen molar-refractivity contribution >= 4 is 5.97 Å². The Balaban J connectivity index is 2.01. The summed E-state index contributed by atoms with van der Waals surface area (Å²) in [5.41, 5.74) is 1.14. The lowest BCUT2D eigenvalue weighted by molar-refractivity contribution is 0.0690. The van der Waals surface area contributed by atoms with Crippen molar-refractivity contribution in [3.05, 3.63) is 29.6 Å². The number of hydrogen-bond donors (Lipinski definition) is 2. The highest BCUT2D eigenvalue weighted by Crippen LogP contribution is 2.34. The van der Waals surface area contributed by atoms with E-state index >= 15 is 0 Å². The molecule has 1 aromatic rings. The van der Waals surface area contributed by atoms with Crippen LogP contribution in [0.1, 0.15) is 35.9 Å². The van der Waals surface area contributed by atoms with Gasteiger partial charge in [-0.2, -0.15) is 0 Å². The molecular formula is C11H14N2O2. The Morgan fingerprint density at radius 1 is 1.60 bits per heavy atom. The average molecular weight is 206 g/mol. The molecule has 0 bridgehead atoms. The van der Waals surface area contributed by atoms with Crippen LogP contribution in [0.4, 0.5) is 0 Å². The highest BCUT2D eigenvalue weighted by atomic mass is 16.4. The summed E-state index contributed by atoms with van der Waals surface area (Å²) in [6.07, 6.45) is 2.37. The van der Waals surface area contributed by atoms with Gasteiger partial charge in [-0.05, 0) is 31.9 Å². The third-order valence-corrected chi connectivity index (χ3v) is 2.72. The number of aromatic carboxylic acids is 1. The van der Waals surface area contributed by atoms with Gasteiger partial charge in [-0.1, -0.05) is 6.07 Å². The van der Waals surface area contributed by atoms with E-state index < -0.39 is 5.97 Å². The number of carboxylic acids is 1. The van der Waals surface area contributed by atoms with E-state index in [0.29, 0.717) is 6.54 Å². The summed E-state index contributed by atoms with van der Waals surface area (Å²) in [6.45, 7) is 2.80. The van der Waals surface area contributed by atoms with Crippen LogP contribution in [0.3, 0.4) is 0 Å². The molecule has 1 heterocycles. The molecule has 1 aromatic heterocycles. The molecule has 0 aliphatic heterocycles. The SMILES string of the molecule is CC1(NCc2cccc(C(=O)O)n2)CC1. The van der Waals surface area contributed by atoms with Crippen molar-refractivity contribution in [2.24, 2.45) is 0 Å². The van der Waals surface area contributed by atoms with Crippen molar-refractivity contribution in [1.82, 2.24) is 10.3 Å². The average Bonchev–Trinajstić information content (AvgIpc) is 2.95. The molecule has 0 aromatic carbocycles. The summed E-state index contributed by atoms with van der Waals surface area (Å²) in [5, 5.41) is 12.1. The number of rotatable bonds is 4. The first-order valence-corrected chi connectivity index (χ1v) is 5.03. The van der Waals surface area contributed by atoms with Crippen LogP contribution < -0.4 is 5.32 Å². The minimum absolute atomic E-state index is 0.107. The van der Waals surface area contributed by atoms with Gasteiger partial charge < -0.3 is 10.4 Å². The molecule has 15 heavy (non-hydrogen) atoms. The van der Waals surface area contributed by atoms with E-state index in [1.54, 1.807) is 6.07 Å². The maximum absolute atomic E-state index is 10.7. The first kappa shape index (κ1) is 10.1. The van der Waals surface area contributed by atoms with E-state index in [4.69, 9.17) is 5.11 Å². The molecule has 4 heteroatoms. The molecule has 0 unspecified atom stereocenters. The number of pyridine rings is 1. The summed E-state index contributed by atoms with van der Waals surface area (Å²) in [4.78, 5) is 14.7. The molecule has 1 fully saturated rings. The van der Waals surface area contributed by atoms with Gasteiger partial charge in [-0.3, -0.25) is 0 Å². The molecule has 4 nitrogen and oxygen atoms in total. The molecule has 1 saturated carbocycles. The van der Waals surface area contributed by atoms with E-state index in [9.17, 15) is 4.79 Å². The molecule has 1 aliphatic carbocycles. The van der Waals surface area contributed by atoms with Crippen LogP contribution in [0.5, 0.6) is 0 Å². The number of nitrogens with one attached hydrogen (secondary N) is 1. The smallest absolute Gasteiger partial charge is 0.354 e. The van der Waals surface area contributed by atoms with Crippen molar-refractivity contribution in [1.29, 1.82) is 0 Å². The molecule has 2 N–H and O–H groups in total. The van der Waals surface area contributed by atoms with Gasteiger partial charge in [-0.15, -0.1) is 0 Å². The third kappa shape index (κ3) is 2.53. The van der Waals surface area contributed by atoms with Crippen LogP contribution in [-0.4, -0.2) is 21.6 Å². The normalized spacial score (nSPS) is 17.4. The summed E-state index contributed by atoms with van der Waals surface area (Å²) >= 11 is 0. The maximum Gasteiger partial charge on any atom is 0.354 e. The molecule has 80 valence electrons. The quantitative estimate of drug-likeness (QED) is 0.782. The molecule has 0 radical (unpaired) electrons. The zero-order chi connectivity index (χ0) is 10.9. The van der Waals surface area contributed by atoms with E-state index in [-0.39, 0.29) is 11.2 Å². The molecule has 0 spiro atoms. The highest BCUT2D eigenvalue weighted by molar-refractivity contribution is 5.85. The van der Waals surface area contributed by atoms with Gasteiger partial charge in [0.1, 0.15) is 5.69 Å². The summed E-state index contributed by atoms with van der Waals surface area (Å²) in [6, 6.07) is 5.07. The van der Waals surface area contributed by atoms with Gasteiger partial charge in [0.15, 0.2) is 0 Å². The molecule has 0 saturated heterocycles. The Kier molecular flexibility index (Phi) is 2.44. The predicted molar refractivity (Wildman–Crippen MR) is 55.7 cm³/mol. The monoisotopic (exact) mass is 206 g/mol. The Morgan fingerprint density at radius 3 is 2.93 bits per heavy atom. The Morgan fingerprint density at radius 2 is 2.33 bits per heavy atom. The fourth-order valence-electron chi connectivity index (χ4n) is 1.37. The predicted octanol–water partition coefficient (Wildman–Crippen LogP) is 1.42. The second kappa shape index (κ2) is 3.62. The summed E-state index contributed by atoms with van der Waals surface area (Å²) in [7, 11) is 0. The van der Waals surface area contributed by atoms with Crippen molar-refractivity contribution in [2.45, 2.75) is 31.8 Å². The number of carbonyl (C=O) groups is 1. The molecule has 0 atom stereocenters. The molecule has 2 rings (SSSR count).